The summed E-state index contributed by atoms with van der Waals surface area (Å²) in [7, 11) is 6.18. The number of para-hydroxylation sites is 1. The first-order valence-corrected chi connectivity index (χ1v) is 5.60. The zero-order valence-corrected chi connectivity index (χ0v) is 10.2. The number of H-pyrrole nitrogens is 1. The zero-order chi connectivity index (χ0) is 11.5. The molecule has 3 heteroatoms. The first-order chi connectivity index (χ1) is 7.72. The number of fused-ring (bicyclic) bond motifs is 1. The van der Waals surface area contributed by atoms with Crippen molar-refractivity contribution < 1.29 is 0 Å². The van der Waals surface area contributed by atoms with Gasteiger partial charge in [0, 0.05) is 29.7 Å². The van der Waals surface area contributed by atoms with Gasteiger partial charge in [0.1, 0.15) is 0 Å². The van der Waals surface area contributed by atoms with Crippen LogP contribution in [0.3, 0.4) is 0 Å². The SMILES string of the molecule is CNCc1[nH]c2ccccc2c1CN(C)C. The van der Waals surface area contributed by atoms with Crippen LogP contribution in [-0.4, -0.2) is 31.0 Å². The van der Waals surface area contributed by atoms with Gasteiger partial charge in [-0.15, -0.1) is 0 Å². The van der Waals surface area contributed by atoms with Crippen molar-refractivity contribution in [2.75, 3.05) is 21.1 Å². The summed E-state index contributed by atoms with van der Waals surface area (Å²) in [5.74, 6) is 0. The summed E-state index contributed by atoms with van der Waals surface area (Å²) >= 11 is 0. The first kappa shape index (κ1) is 11.2. The predicted octanol–water partition coefficient (Wildman–Crippen LogP) is 1.95. The van der Waals surface area contributed by atoms with Crippen LogP contribution in [0.1, 0.15) is 11.3 Å². The molecule has 2 aromatic rings. The van der Waals surface area contributed by atoms with E-state index in [-0.39, 0.29) is 0 Å². The van der Waals surface area contributed by atoms with E-state index in [9.17, 15) is 0 Å². The van der Waals surface area contributed by atoms with Crippen LogP contribution in [0.5, 0.6) is 0 Å². The van der Waals surface area contributed by atoms with Crippen LogP contribution in [0.2, 0.25) is 0 Å². The lowest BCUT2D eigenvalue weighted by Gasteiger charge is -2.11. The molecule has 1 aromatic heterocycles. The Morgan fingerprint density at radius 2 is 2.00 bits per heavy atom. The number of aromatic amines is 1. The number of hydrogen-bond acceptors (Lipinski definition) is 2. The van der Waals surface area contributed by atoms with Gasteiger partial charge in [-0.2, -0.15) is 0 Å². The standard InChI is InChI=1S/C13H19N3/c1-14-8-13-11(9-16(2)3)10-6-4-5-7-12(10)15-13/h4-7,14-15H,8-9H2,1-3H3. The lowest BCUT2D eigenvalue weighted by Crippen LogP contribution is -2.14. The zero-order valence-electron chi connectivity index (χ0n) is 10.2. The molecule has 0 radical (unpaired) electrons. The third-order valence-corrected chi connectivity index (χ3v) is 2.73. The van der Waals surface area contributed by atoms with Crippen molar-refractivity contribution in [1.82, 2.24) is 15.2 Å². The Balaban J connectivity index is 2.50. The highest BCUT2D eigenvalue weighted by Crippen LogP contribution is 2.23. The monoisotopic (exact) mass is 217 g/mol. The topological polar surface area (TPSA) is 31.1 Å². The van der Waals surface area contributed by atoms with Crippen LogP contribution in [-0.2, 0) is 13.1 Å². The number of hydrogen-bond donors (Lipinski definition) is 2. The number of aromatic nitrogens is 1. The maximum Gasteiger partial charge on any atom is 0.0459 e. The molecule has 0 saturated carbocycles. The maximum absolute atomic E-state index is 3.48. The van der Waals surface area contributed by atoms with E-state index < -0.39 is 0 Å². The fraction of sp³-hybridized carbons (Fsp3) is 0.385. The summed E-state index contributed by atoms with van der Waals surface area (Å²) in [6, 6.07) is 8.48. The fourth-order valence-electron chi connectivity index (χ4n) is 2.08. The molecule has 0 fully saturated rings. The fourth-order valence-corrected chi connectivity index (χ4v) is 2.08. The highest BCUT2D eigenvalue weighted by atomic mass is 15.1. The van der Waals surface area contributed by atoms with Gasteiger partial charge in [0.2, 0.25) is 0 Å². The van der Waals surface area contributed by atoms with Crippen molar-refractivity contribution in [2.24, 2.45) is 0 Å². The van der Waals surface area contributed by atoms with E-state index in [0.29, 0.717) is 0 Å². The normalized spacial score (nSPS) is 11.5. The second-order valence-electron chi connectivity index (χ2n) is 4.40. The van der Waals surface area contributed by atoms with E-state index >= 15 is 0 Å². The summed E-state index contributed by atoms with van der Waals surface area (Å²) in [6.07, 6.45) is 0. The molecule has 0 aliphatic heterocycles. The molecule has 0 spiro atoms. The van der Waals surface area contributed by atoms with Gasteiger partial charge in [-0.05, 0) is 32.8 Å². The molecule has 0 aliphatic rings. The van der Waals surface area contributed by atoms with Crippen molar-refractivity contribution in [3.8, 4) is 0 Å². The molecule has 2 rings (SSSR count). The minimum absolute atomic E-state index is 0.887. The molecule has 0 saturated heterocycles. The average molecular weight is 217 g/mol. The van der Waals surface area contributed by atoms with Crippen LogP contribution < -0.4 is 5.32 Å². The van der Waals surface area contributed by atoms with Gasteiger partial charge in [0.25, 0.3) is 0 Å². The van der Waals surface area contributed by atoms with Gasteiger partial charge in [-0.3, -0.25) is 0 Å². The van der Waals surface area contributed by atoms with Crippen LogP contribution in [0, 0.1) is 0 Å². The minimum Gasteiger partial charge on any atom is -0.357 e. The Labute approximate surface area is 96.5 Å². The molecule has 2 N–H and O–H groups in total. The molecule has 1 heterocycles. The second kappa shape index (κ2) is 4.68. The number of nitrogens with zero attached hydrogens (tertiary/aromatic N) is 1. The molecule has 0 bridgehead atoms. The Kier molecular flexibility index (Phi) is 3.27. The summed E-state index contributed by atoms with van der Waals surface area (Å²) in [5.41, 5.74) is 3.91. The maximum atomic E-state index is 3.48. The van der Waals surface area contributed by atoms with Gasteiger partial charge >= 0.3 is 0 Å². The average Bonchev–Trinajstić information content (AvgIpc) is 2.57. The van der Waals surface area contributed by atoms with Gasteiger partial charge in [-0.1, -0.05) is 18.2 Å². The number of rotatable bonds is 4. The van der Waals surface area contributed by atoms with Crippen LogP contribution in [0.25, 0.3) is 10.9 Å². The van der Waals surface area contributed by atoms with Gasteiger partial charge in [0.15, 0.2) is 0 Å². The van der Waals surface area contributed by atoms with E-state index in [1.807, 2.05) is 7.05 Å². The minimum atomic E-state index is 0.887. The number of nitrogens with one attached hydrogen (secondary N) is 2. The van der Waals surface area contributed by atoms with E-state index in [1.165, 1.54) is 22.2 Å². The van der Waals surface area contributed by atoms with Crippen molar-refractivity contribution in [2.45, 2.75) is 13.1 Å². The van der Waals surface area contributed by atoms with E-state index in [0.717, 1.165) is 13.1 Å². The van der Waals surface area contributed by atoms with E-state index in [2.05, 4.69) is 53.6 Å². The van der Waals surface area contributed by atoms with Crippen molar-refractivity contribution >= 4 is 10.9 Å². The molecule has 0 amide bonds. The quantitative estimate of drug-likeness (QED) is 0.820. The smallest absolute Gasteiger partial charge is 0.0459 e. The molecule has 3 nitrogen and oxygen atoms in total. The third kappa shape index (κ3) is 2.10. The molecule has 0 aliphatic carbocycles. The first-order valence-electron chi connectivity index (χ1n) is 5.60. The second-order valence-corrected chi connectivity index (χ2v) is 4.40. The van der Waals surface area contributed by atoms with Gasteiger partial charge < -0.3 is 15.2 Å². The van der Waals surface area contributed by atoms with Crippen LogP contribution in [0.4, 0.5) is 0 Å². The lowest BCUT2D eigenvalue weighted by molar-refractivity contribution is 0.402. The van der Waals surface area contributed by atoms with E-state index in [4.69, 9.17) is 0 Å². The number of benzene rings is 1. The summed E-state index contributed by atoms with van der Waals surface area (Å²) < 4.78 is 0. The summed E-state index contributed by atoms with van der Waals surface area (Å²) in [5, 5.41) is 4.54. The molecule has 0 atom stereocenters. The molecule has 0 unspecified atom stereocenters. The largest absolute Gasteiger partial charge is 0.357 e. The Hall–Kier alpha value is -1.32. The van der Waals surface area contributed by atoms with Crippen molar-refractivity contribution in [3.63, 3.8) is 0 Å². The third-order valence-electron chi connectivity index (χ3n) is 2.73. The van der Waals surface area contributed by atoms with Crippen molar-refractivity contribution in [1.29, 1.82) is 0 Å². The highest BCUT2D eigenvalue weighted by Gasteiger charge is 2.10. The molecule has 86 valence electrons. The summed E-state index contributed by atoms with van der Waals surface area (Å²) in [4.78, 5) is 5.68. The molecular formula is C13H19N3. The predicted molar refractivity (Wildman–Crippen MR) is 68.5 cm³/mol. The molecule has 16 heavy (non-hydrogen) atoms. The van der Waals surface area contributed by atoms with Gasteiger partial charge in [0.05, 0.1) is 0 Å². The lowest BCUT2D eigenvalue weighted by atomic mass is 10.1. The Morgan fingerprint density at radius 3 is 2.69 bits per heavy atom. The van der Waals surface area contributed by atoms with Crippen LogP contribution >= 0.6 is 0 Å². The molecule has 1 aromatic carbocycles. The summed E-state index contributed by atoms with van der Waals surface area (Å²) in [6.45, 7) is 1.86. The molecular weight excluding hydrogens is 198 g/mol. The van der Waals surface area contributed by atoms with Crippen molar-refractivity contribution in [3.05, 3.63) is 35.5 Å². The highest BCUT2D eigenvalue weighted by molar-refractivity contribution is 5.84. The Bertz CT molecular complexity index is 471. The Morgan fingerprint density at radius 1 is 1.25 bits per heavy atom. The van der Waals surface area contributed by atoms with Crippen LogP contribution in [0.15, 0.2) is 24.3 Å². The van der Waals surface area contributed by atoms with Gasteiger partial charge in [-0.25, -0.2) is 0 Å². The van der Waals surface area contributed by atoms with E-state index in [1.54, 1.807) is 0 Å².